The smallest absolute Gasteiger partial charge is 0.311 e. The predicted molar refractivity (Wildman–Crippen MR) is 133 cm³/mol. The largest absolute Gasteiger partial charge is 0.481 e. The lowest BCUT2D eigenvalue weighted by atomic mass is 9.41. The van der Waals surface area contributed by atoms with Crippen molar-refractivity contribution in [2.75, 3.05) is 25.7 Å². The second kappa shape index (κ2) is 8.02. The second-order valence-electron chi connectivity index (χ2n) is 11.8. The fourth-order valence-corrected chi connectivity index (χ4v) is 7.37. The van der Waals surface area contributed by atoms with Crippen LogP contribution >= 0.6 is 0 Å². The van der Waals surface area contributed by atoms with E-state index in [1.165, 1.54) is 7.11 Å². The molecule has 6 aliphatic rings. The van der Waals surface area contributed by atoms with Crippen LogP contribution in [0.15, 0.2) is 42.6 Å². The maximum Gasteiger partial charge on any atom is 0.311 e. The summed E-state index contributed by atoms with van der Waals surface area (Å²) in [6.45, 7) is 0.604. The molecule has 0 unspecified atom stereocenters. The molecule has 0 spiro atoms. The zero-order chi connectivity index (χ0) is 25.2. The number of fused-ring (bicyclic) bond motifs is 3. The third-order valence-electron chi connectivity index (χ3n) is 9.61. The van der Waals surface area contributed by atoms with Gasteiger partial charge in [-0.2, -0.15) is 0 Å². The molecule has 6 nitrogen and oxygen atoms in total. The minimum Gasteiger partial charge on any atom is -0.481 e. The Labute approximate surface area is 211 Å². The zero-order valence-corrected chi connectivity index (χ0v) is 21.0. The first-order valence-electron chi connectivity index (χ1n) is 12.9. The normalized spacial score (nSPS) is 33.8. The lowest BCUT2D eigenvalue weighted by Gasteiger charge is -2.65. The van der Waals surface area contributed by atoms with Gasteiger partial charge in [-0.3, -0.25) is 9.59 Å². The van der Waals surface area contributed by atoms with E-state index in [1.807, 2.05) is 41.3 Å². The molecule has 0 N–H and O–H groups in total. The summed E-state index contributed by atoms with van der Waals surface area (Å²) in [5, 5.41) is 0. The van der Waals surface area contributed by atoms with Crippen molar-refractivity contribution in [1.29, 1.82) is 0 Å². The van der Waals surface area contributed by atoms with Gasteiger partial charge < -0.3 is 14.4 Å². The number of esters is 1. The van der Waals surface area contributed by atoms with Crippen molar-refractivity contribution in [2.45, 2.75) is 63.5 Å². The zero-order valence-electron chi connectivity index (χ0n) is 21.0. The van der Waals surface area contributed by atoms with Crippen molar-refractivity contribution >= 4 is 17.6 Å². The predicted octanol–water partition coefficient (Wildman–Crippen LogP) is 5.50. The molecular weight excluding hydrogens is 459 g/mol. The molecule has 36 heavy (non-hydrogen) atoms. The Morgan fingerprint density at radius 1 is 0.944 bits per heavy atom. The molecule has 0 radical (unpaired) electrons. The number of hydrogen-bond donors (Lipinski definition) is 0. The molecule has 1 aromatic carbocycles. The highest BCUT2D eigenvalue weighted by molar-refractivity contribution is 6.00. The highest BCUT2D eigenvalue weighted by Crippen LogP contribution is 2.70. The number of aromatic nitrogens is 1. The Kier molecular flexibility index (Phi) is 5.22. The SMILES string of the molecule is COC(=O)C12CCC(CN(C(=O)C34CC(F)(C3)C4)c3cccc(-c4ccnc(OC)c4)c3)(CC1)CC2. The number of hydrogen-bond acceptors (Lipinski definition) is 5. The highest BCUT2D eigenvalue weighted by Gasteiger charge is 2.73. The highest BCUT2D eigenvalue weighted by atomic mass is 19.1. The van der Waals surface area contributed by atoms with E-state index >= 15 is 0 Å². The molecule has 0 aliphatic heterocycles. The molecule has 0 atom stereocenters. The number of carbonyl (C=O) groups excluding carboxylic acids is 2. The molecule has 190 valence electrons. The Balaban J connectivity index is 1.31. The molecule has 0 saturated heterocycles. The van der Waals surface area contributed by atoms with Gasteiger partial charge in [-0.05, 0) is 92.5 Å². The summed E-state index contributed by atoms with van der Waals surface area (Å²) < 4.78 is 24.9. The number of pyridine rings is 1. The lowest BCUT2D eigenvalue weighted by Crippen LogP contribution is -2.71. The summed E-state index contributed by atoms with van der Waals surface area (Å²) in [5.74, 6) is 0.493. The molecule has 1 heterocycles. The molecule has 6 fully saturated rings. The average molecular weight is 493 g/mol. The van der Waals surface area contributed by atoms with Crippen molar-refractivity contribution in [3.05, 3.63) is 42.6 Å². The van der Waals surface area contributed by atoms with Gasteiger partial charge in [0.15, 0.2) is 0 Å². The molecular formula is C29H33FN2O4. The summed E-state index contributed by atoms with van der Waals surface area (Å²) in [7, 11) is 3.06. The van der Waals surface area contributed by atoms with Crippen LogP contribution < -0.4 is 9.64 Å². The van der Waals surface area contributed by atoms with Crippen LogP contribution in [0.3, 0.4) is 0 Å². The van der Waals surface area contributed by atoms with Crippen LogP contribution in [0.25, 0.3) is 11.1 Å². The third-order valence-corrected chi connectivity index (χ3v) is 9.61. The summed E-state index contributed by atoms with van der Waals surface area (Å²) in [4.78, 5) is 32.6. The molecule has 6 saturated carbocycles. The van der Waals surface area contributed by atoms with Crippen LogP contribution in [-0.2, 0) is 14.3 Å². The monoisotopic (exact) mass is 492 g/mol. The van der Waals surface area contributed by atoms with Crippen LogP contribution in [0, 0.1) is 16.2 Å². The maximum absolute atomic E-state index is 14.4. The Bertz CT molecular complexity index is 1180. The third kappa shape index (κ3) is 3.53. The minimum atomic E-state index is -1.13. The van der Waals surface area contributed by atoms with E-state index in [4.69, 9.17) is 9.47 Å². The van der Waals surface area contributed by atoms with Crippen molar-refractivity contribution in [2.24, 2.45) is 16.2 Å². The van der Waals surface area contributed by atoms with E-state index < -0.39 is 11.1 Å². The molecule has 8 rings (SSSR count). The van der Waals surface area contributed by atoms with Crippen LogP contribution in [0.4, 0.5) is 10.1 Å². The summed E-state index contributed by atoms with van der Waals surface area (Å²) in [6, 6.07) is 11.8. The van der Waals surface area contributed by atoms with E-state index in [-0.39, 0.29) is 22.7 Å². The van der Waals surface area contributed by atoms with E-state index in [0.717, 1.165) is 55.3 Å². The van der Waals surface area contributed by atoms with Gasteiger partial charge in [0.2, 0.25) is 11.8 Å². The standard InChI is InChI=1S/C29H33FN2O4/c1-35-23-15-21(6-13-31-23)20-4-3-5-22(14-20)32(24(33)28-16-29(30,17-28)18-28)19-26-7-10-27(11-8-26,12-9-26)25(34)36-2/h3-6,13-15H,7-12,16-19H2,1-2H3. The van der Waals surface area contributed by atoms with Crippen LogP contribution in [0.5, 0.6) is 5.88 Å². The average Bonchev–Trinajstić information content (AvgIpc) is 2.89. The summed E-state index contributed by atoms with van der Waals surface area (Å²) >= 11 is 0. The van der Waals surface area contributed by atoms with Crippen molar-refractivity contribution < 1.29 is 23.5 Å². The minimum absolute atomic E-state index is 0.0295. The fraction of sp³-hybridized carbons (Fsp3) is 0.552. The number of benzene rings is 1. The Morgan fingerprint density at radius 2 is 1.61 bits per heavy atom. The Morgan fingerprint density at radius 3 is 2.22 bits per heavy atom. The van der Waals surface area contributed by atoms with E-state index in [9.17, 15) is 14.0 Å². The number of carbonyl (C=O) groups is 2. The van der Waals surface area contributed by atoms with Crippen molar-refractivity contribution in [1.82, 2.24) is 4.98 Å². The van der Waals surface area contributed by atoms with Gasteiger partial charge in [0.1, 0.15) is 5.67 Å². The van der Waals surface area contributed by atoms with Gasteiger partial charge in [-0.1, -0.05) is 12.1 Å². The van der Waals surface area contributed by atoms with E-state index in [0.29, 0.717) is 31.7 Å². The summed E-state index contributed by atoms with van der Waals surface area (Å²) in [5.41, 5.74) is 0.695. The quantitative estimate of drug-likeness (QED) is 0.478. The van der Waals surface area contributed by atoms with Crippen molar-refractivity contribution in [3.8, 4) is 17.0 Å². The van der Waals surface area contributed by atoms with Crippen LogP contribution in [0.1, 0.15) is 57.8 Å². The number of rotatable bonds is 7. The molecule has 1 amide bonds. The second-order valence-corrected chi connectivity index (χ2v) is 11.8. The topological polar surface area (TPSA) is 68.7 Å². The number of nitrogens with zero attached hydrogens (tertiary/aromatic N) is 2. The molecule has 4 bridgehead atoms. The maximum atomic E-state index is 14.4. The number of anilines is 1. The number of halogens is 1. The lowest BCUT2D eigenvalue weighted by molar-refractivity contribution is -0.211. The van der Waals surface area contributed by atoms with E-state index in [2.05, 4.69) is 4.98 Å². The van der Waals surface area contributed by atoms with E-state index in [1.54, 1.807) is 13.3 Å². The van der Waals surface area contributed by atoms with Gasteiger partial charge >= 0.3 is 5.97 Å². The first-order valence-corrected chi connectivity index (χ1v) is 12.9. The first-order chi connectivity index (χ1) is 17.2. The molecule has 6 aliphatic carbocycles. The number of alkyl halides is 1. The van der Waals surface area contributed by atoms with Gasteiger partial charge in [0.25, 0.3) is 0 Å². The summed E-state index contributed by atoms with van der Waals surface area (Å²) in [6.07, 6.45) is 7.83. The van der Waals surface area contributed by atoms with Crippen LogP contribution in [0.2, 0.25) is 0 Å². The van der Waals surface area contributed by atoms with Gasteiger partial charge in [-0.15, -0.1) is 0 Å². The fourth-order valence-electron chi connectivity index (χ4n) is 7.37. The van der Waals surface area contributed by atoms with Gasteiger partial charge in [0, 0.05) is 24.5 Å². The van der Waals surface area contributed by atoms with Crippen LogP contribution in [-0.4, -0.2) is 43.3 Å². The Hall–Kier alpha value is -2.96. The van der Waals surface area contributed by atoms with Gasteiger partial charge in [-0.25, -0.2) is 9.37 Å². The molecule has 1 aromatic heterocycles. The van der Waals surface area contributed by atoms with Crippen molar-refractivity contribution in [3.63, 3.8) is 0 Å². The van der Waals surface area contributed by atoms with Gasteiger partial charge in [0.05, 0.1) is 25.0 Å². The first kappa shape index (κ1) is 23.4. The number of ether oxygens (including phenoxy) is 2. The number of methoxy groups -OCH3 is 2. The molecule has 2 aromatic rings. The molecule has 7 heteroatoms. The number of amides is 1.